The number of hydrogen-bond acceptors (Lipinski definition) is 8. The van der Waals surface area contributed by atoms with Crippen molar-refractivity contribution in [3.8, 4) is 11.3 Å². The van der Waals surface area contributed by atoms with Crippen LogP contribution >= 0.6 is 39.0 Å². The molecule has 0 saturated carbocycles. The summed E-state index contributed by atoms with van der Waals surface area (Å²) in [6.07, 6.45) is 1.26. The lowest BCUT2D eigenvalue weighted by Crippen LogP contribution is -2.30. The molecule has 0 bridgehead atoms. The van der Waals surface area contributed by atoms with Gasteiger partial charge >= 0.3 is 0 Å². The number of aromatic nitrogens is 1. The zero-order valence-corrected chi connectivity index (χ0v) is 27.0. The number of benzene rings is 4. The number of thioether (sulfide) groups is 1. The van der Waals surface area contributed by atoms with Gasteiger partial charge in [0.15, 0.2) is 5.13 Å². The Balaban J connectivity index is 1.26. The van der Waals surface area contributed by atoms with Gasteiger partial charge in [0.2, 0.25) is 5.91 Å². The van der Waals surface area contributed by atoms with E-state index in [0.29, 0.717) is 21.3 Å². The number of anilines is 2. The van der Waals surface area contributed by atoms with Crippen molar-refractivity contribution >= 4 is 79.3 Å². The van der Waals surface area contributed by atoms with Crippen LogP contribution in [0.4, 0.5) is 16.5 Å². The van der Waals surface area contributed by atoms with E-state index in [0.717, 1.165) is 15.7 Å². The summed E-state index contributed by atoms with van der Waals surface area (Å²) in [5.74, 6) is -1.39. The largest absolute Gasteiger partial charge is 0.321 e. The lowest BCUT2D eigenvalue weighted by molar-refractivity contribution is -0.385. The average molecular weight is 715 g/mol. The molecule has 0 aliphatic rings. The Hall–Kier alpha value is -5.11. The fourth-order valence-electron chi connectivity index (χ4n) is 4.12. The molecule has 13 heteroatoms. The van der Waals surface area contributed by atoms with Gasteiger partial charge in [0, 0.05) is 37.6 Å². The highest BCUT2D eigenvalue weighted by atomic mass is 79.9. The molecule has 4 aromatic carbocycles. The van der Waals surface area contributed by atoms with Crippen molar-refractivity contribution in [2.45, 2.75) is 4.90 Å². The van der Waals surface area contributed by atoms with Gasteiger partial charge in [-0.1, -0.05) is 64.5 Å². The molecule has 5 aromatic rings. The van der Waals surface area contributed by atoms with Crippen molar-refractivity contribution in [2.24, 2.45) is 0 Å². The molecule has 0 spiro atoms. The highest BCUT2D eigenvalue weighted by Gasteiger charge is 2.19. The standard InChI is InChI=1S/C33H24BrN5O5S2/c34-24-15-13-21(14-16-24)28-19-46-33(37-28)38-30(40)20-45-26-11-6-10-25(18-26)35-32(42)27(36-31(41)22-7-2-1-3-8-22)17-23-9-4-5-12-29(23)39(43)44/h1-19H,20H2,(H,35,42)(H,36,41)(H,37,38,40)/b27-17+. The summed E-state index contributed by atoms with van der Waals surface area (Å²) in [5.41, 5.74) is 2.14. The Bertz CT molecular complexity index is 1930. The smallest absolute Gasteiger partial charge is 0.276 e. The van der Waals surface area contributed by atoms with Crippen molar-refractivity contribution in [1.29, 1.82) is 0 Å². The second kappa shape index (κ2) is 15.3. The molecule has 0 aliphatic heterocycles. The molecule has 0 fully saturated rings. The maximum absolute atomic E-state index is 13.4. The number of carbonyl (C=O) groups excluding carboxylic acids is 3. The Morgan fingerprint density at radius 3 is 2.41 bits per heavy atom. The van der Waals surface area contributed by atoms with Crippen LogP contribution in [0.3, 0.4) is 0 Å². The molecule has 10 nitrogen and oxygen atoms in total. The van der Waals surface area contributed by atoms with Crippen LogP contribution in [-0.4, -0.2) is 33.4 Å². The number of halogens is 1. The molecule has 0 radical (unpaired) electrons. The lowest BCUT2D eigenvalue weighted by Gasteiger charge is -2.12. The van der Waals surface area contributed by atoms with Crippen LogP contribution < -0.4 is 16.0 Å². The van der Waals surface area contributed by atoms with E-state index in [1.54, 1.807) is 60.7 Å². The molecule has 0 atom stereocenters. The quantitative estimate of drug-likeness (QED) is 0.0553. The first kappa shape index (κ1) is 32.3. The molecule has 3 amide bonds. The third kappa shape index (κ3) is 8.75. The van der Waals surface area contributed by atoms with E-state index in [9.17, 15) is 24.5 Å². The van der Waals surface area contributed by atoms with Gasteiger partial charge in [0.1, 0.15) is 5.70 Å². The van der Waals surface area contributed by atoms with E-state index in [4.69, 9.17) is 0 Å². The van der Waals surface area contributed by atoms with Gasteiger partial charge < -0.3 is 16.0 Å². The van der Waals surface area contributed by atoms with Crippen molar-refractivity contribution < 1.29 is 19.3 Å². The van der Waals surface area contributed by atoms with E-state index in [1.807, 2.05) is 29.6 Å². The fourth-order valence-corrected chi connectivity index (χ4v) is 5.88. The number of thiazole rings is 1. The number of para-hydroxylation sites is 1. The summed E-state index contributed by atoms with van der Waals surface area (Å²) >= 11 is 6.01. The molecule has 3 N–H and O–H groups in total. The highest BCUT2D eigenvalue weighted by molar-refractivity contribution is 9.10. The molecule has 5 rings (SSSR count). The average Bonchev–Trinajstić information content (AvgIpc) is 3.52. The van der Waals surface area contributed by atoms with Crippen LogP contribution in [0, 0.1) is 10.1 Å². The number of nitrogens with zero attached hydrogens (tertiary/aromatic N) is 2. The van der Waals surface area contributed by atoms with Gasteiger partial charge in [-0.3, -0.25) is 24.5 Å². The van der Waals surface area contributed by atoms with Gasteiger partial charge in [0.25, 0.3) is 17.5 Å². The van der Waals surface area contributed by atoms with Crippen LogP contribution in [0.5, 0.6) is 0 Å². The SMILES string of the molecule is O=C(CSc1cccc(NC(=O)/C(=C\c2ccccc2[N+](=O)[O-])NC(=O)c2ccccc2)c1)Nc1nc(-c2ccc(Br)cc2)cs1. The molecule has 0 saturated heterocycles. The molecule has 46 heavy (non-hydrogen) atoms. The van der Waals surface area contributed by atoms with Crippen LogP contribution in [0.2, 0.25) is 0 Å². The molecule has 0 unspecified atom stereocenters. The molecular formula is C33H24BrN5O5S2. The second-order valence-electron chi connectivity index (χ2n) is 9.56. The molecule has 1 heterocycles. The van der Waals surface area contributed by atoms with Crippen LogP contribution in [0.25, 0.3) is 17.3 Å². The molecular weight excluding hydrogens is 690 g/mol. The number of carbonyl (C=O) groups is 3. The monoisotopic (exact) mass is 713 g/mol. The van der Waals surface area contributed by atoms with Gasteiger partial charge in [-0.15, -0.1) is 23.1 Å². The summed E-state index contributed by atoms with van der Waals surface area (Å²) in [7, 11) is 0. The maximum atomic E-state index is 13.4. The predicted molar refractivity (Wildman–Crippen MR) is 185 cm³/mol. The lowest BCUT2D eigenvalue weighted by atomic mass is 10.1. The number of nitro benzene ring substituents is 1. The maximum Gasteiger partial charge on any atom is 0.276 e. The van der Waals surface area contributed by atoms with E-state index < -0.39 is 16.7 Å². The number of nitrogens with one attached hydrogen (secondary N) is 3. The van der Waals surface area contributed by atoms with E-state index in [1.165, 1.54) is 47.4 Å². The third-order valence-corrected chi connectivity index (χ3v) is 8.59. The van der Waals surface area contributed by atoms with E-state index in [-0.39, 0.29) is 28.6 Å². The zero-order valence-electron chi connectivity index (χ0n) is 23.8. The minimum absolute atomic E-state index is 0.0978. The summed E-state index contributed by atoms with van der Waals surface area (Å²) in [6, 6.07) is 28.8. The van der Waals surface area contributed by atoms with Crippen molar-refractivity contribution in [2.75, 3.05) is 16.4 Å². The normalized spacial score (nSPS) is 11.0. The molecule has 230 valence electrons. The Morgan fingerprint density at radius 2 is 1.65 bits per heavy atom. The summed E-state index contributed by atoms with van der Waals surface area (Å²) in [4.78, 5) is 55.2. The third-order valence-electron chi connectivity index (χ3n) is 6.31. The van der Waals surface area contributed by atoms with E-state index in [2.05, 4.69) is 36.9 Å². The van der Waals surface area contributed by atoms with Crippen LogP contribution in [0.15, 0.2) is 124 Å². The van der Waals surface area contributed by atoms with Gasteiger partial charge in [-0.25, -0.2) is 4.98 Å². The van der Waals surface area contributed by atoms with Crippen LogP contribution in [0.1, 0.15) is 15.9 Å². The summed E-state index contributed by atoms with van der Waals surface area (Å²) in [5, 5.41) is 22.1. The number of amides is 3. The minimum Gasteiger partial charge on any atom is -0.321 e. The first-order valence-electron chi connectivity index (χ1n) is 13.6. The first-order chi connectivity index (χ1) is 22.2. The van der Waals surface area contributed by atoms with Crippen molar-refractivity contribution in [3.63, 3.8) is 0 Å². The highest BCUT2D eigenvalue weighted by Crippen LogP contribution is 2.27. The summed E-state index contributed by atoms with van der Waals surface area (Å²) < 4.78 is 0.964. The topological polar surface area (TPSA) is 143 Å². The Morgan fingerprint density at radius 1 is 0.913 bits per heavy atom. The van der Waals surface area contributed by atoms with E-state index >= 15 is 0 Å². The predicted octanol–water partition coefficient (Wildman–Crippen LogP) is 7.62. The molecule has 0 aliphatic carbocycles. The van der Waals surface area contributed by atoms with Gasteiger partial charge in [-0.05, 0) is 54.6 Å². The Labute approximate surface area is 280 Å². The van der Waals surface area contributed by atoms with Crippen molar-refractivity contribution in [3.05, 3.63) is 140 Å². The van der Waals surface area contributed by atoms with Crippen molar-refractivity contribution in [1.82, 2.24) is 10.3 Å². The zero-order chi connectivity index (χ0) is 32.5. The summed E-state index contributed by atoms with van der Waals surface area (Å²) in [6.45, 7) is 0. The van der Waals surface area contributed by atoms with Crippen LogP contribution in [-0.2, 0) is 9.59 Å². The minimum atomic E-state index is -0.687. The number of nitro groups is 1. The Kier molecular flexibility index (Phi) is 10.7. The van der Waals surface area contributed by atoms with Gasteiger partial charge in [-0.2, -0.15) is 0 Å². The first-order valence-corrected chi connectivity index (χ1v) is 16.3. The van der Waals surface area contributed by atoms with Gasteiger partial charge in [0.05, 0.1) is 21.9 Å². The second-order valence-corrected chi connectivity index (χ2v) is 12.4. The molecule has 1 aromatic heterocycles. The number of rotatable bonds is 11. The fraction of sp³-hybridized carbons (Fsp3) is 0.0303. The number of hydrogen-bond donors (Lipinski definition) is 3.